The lowest BCUT2D eigenvalue weighted by Gasteiger charge is -1.95. The van der Waals surface area contributed by atoms with E-state index in [0.29, 0.717) is 28.2 Å². The first kappa shape index (κ1) is 17.3. The van der Waals surface area contributed by atoms with Crippen molar-refractivity contribution in [2.45, 2.75) is 0 Å². The first-order valence-electron chi connectivity index (χ1n) is 8.46. The molecular formula is C21H14N4O3. The van der Waals surface area contributed by atoms with Gasteiger partial charge in [0.05, 0.1) is 21.7 Å². The SMILES string of the molecule is O=[N+]([O-])c1ccccc1/C=C\C=Nc1ccc2oc(-c3cccnc3)nc2c1. The number of hydrogen-bond acceptors (Lipinski definition) is 6. The predicted octanol–water partition coefficient (Wildman–Crippen LogP) is 5.21. The molecule has 0 N–H and O–H groups in total. The average molecular weight is 370 g/mol. The van der Waals surface area contributed by atoms with E-state index in [2.05, 4.69) is 15.0 Å². The molecule has 4 aromatic rings. The summed E-state index contributed by atoms with van der Waals surface area (Å²) >= 11 is 0. The normalized spacial score (nSPS) is 11.6. The molecule has 0 aliphatic heterocycles. The maximum Gasteiger partial charge on any atom is 0.276 e. The molecule has 2 aromatic heterocycles. The Labute approximate surface area is 159 Å². The van der Waals surface area contributed by atoms with Crippen LogP contribution in [0.3, 0.4) is 0 Å². The van der Waals surface area contributed by atoms with E-state index in [1.165, 1.54) is 6.07 Å². The van der Waals surface area contributed by atoms with Crippen molar-refractivity contribution in [3.63, 3.8) is 0 Å². The molecule has 0 saturated heterocycles. The highest BCUT2D eigenvalue weighted by atomic mass is 16.6. The van der Waals surface area contributed by atoms with E-state index < -0.39 is 4.92 Å². The molecule has 4 rings (SSSR count). The molecule has 0 atom stereocenters. The highest BCUT2D eigenvalue weighted by molar-refractivity contribution is 5.84. The summed E-state index contributed by atoms with van der Waals surface area (Å²) in [5.74, 6) is 0.500. The van der Waals surface area contributed by atoms with Crippen molar-refractivity contribution < 1.29 is 9.34 Å². The highest BCUT2D eigenvalue weighted by Crippen LogP contribution is 2.26. The van der Waals surface area contributed by atoms with E-state index in [4.69, 9.17) is 4.42 Å². The fourth-order valence-electron chi connectivity index (χ4n) is 2.68. The van der Waals surface area contributed by atoms with Gasteiger partial charge in [0.15, 0.2) is 5.58 Å². The summed E-state index contributed by atoms with van der Waals surface area (Å²) in [5, 5.41) is 11.0. The number of nitro groups is 1. The maximum atomic E-state index is 11.0. The van der Waals surface area contributed by atoms with Crippen LogP contribution in [0, 0.1) is 10.1 Å². The fraction of sp³-hybridized carbons (Fsp3) is 0. The van der Waals surface area contributed by atoms with Gasteiger partial charge in [-0.2, -0.15) is 0 Å². The van der Waals surface area contributed by atoms with Crippen LogP contribution in [0.15, 0.2) is 82.5 Å². The quantitative estimate of drug-likeness (QED) is 0.273. The van der Waals surface area contributed by atoms with Gasteiger partial charge in [-0.25, -0.2) is 4.98 Å². The second-order valence-electron chi connectivity index (χ2n) is 5.87. The van der Waals surface area contributed by atoms with Gasteiger partial charge in [0.25, 0.3) is 5.69 Å². The largest absolute Gasteiger partial charge is 0.436 e. The van der Waals surface area contributed by atoms with Crippen LogP contribution in [0.4, 0.5) is 11.4 Å². The fourth-order valence-corrected chi connectivity index (χ4v) is 2.68. The number of aliphatic imine (C=N–C) groups is 1. The van der Waals surface area contributed by atoms with Gasteiger partial charge in [-0.05, 0) is 48.6 Å². The van der Waals surface area contributed by atoms with Crippen LogP contribution in [-0.2, 0) is 0 Å². The van der Waals surface area contributed by atoms with Crippen LogP contribution in [-0.4, -0.2) is 21.1 Å². The van der Waals surface area contributed by atoms with E-state index in [-0.39, 0.29) is 5.69 Å². The second kappa shape index (κ2) is 7.63. The summed E-state index contributed by atoms with van der Waals surface area (Å²) in [5.41, 5.74) is 3.43. The van der Waals surface area contributed by atoms with Crippen LogP contribution < -0.4 is 0 Å². The van der Waals surface area contributed by atoms with Crippen molar-refractivity contribution in [2.75, 3.05) is 0 Å². The molecule has 0 aliphatic rings. The minimum atomic E-state index is -0.408. The lowest BCUT2D eigenvalue weighted by atomic mass is 10.1. The molecule has 0 aliphatic carbocycles. The monoisotopic (exact) mass is 370 g/mol. The lowest BCUT2D eigenvalue weighted by molar-refractivity contribution is -0.385. The number of aromatic nitrogens is 2. The summed E-state index contributed by atoms with van der Waals surface area (Å²) in [6.07, 6.45) is 8.28. The third-order valence-electron chi connectivity index (χ3n) is 4.00. The Hall–Kier alpha value is -4.13. The van der Waals surface area contributed by atoms with Gasteiger partial charge in [0, 0.05) is 24.7 Å². The van der Waals surface area contributed by atoms with Gasteiger partial charge in [-0.1, -0.05) is 12.1 Å². The molecular weight excluding hydrogens is 356 g/mol. The van der Waals surface area contributed by atoms with Crippen LogP contribution in [0.1, 0.15) is 5.56 Å². The zero-order chi connectivity index (χ0) is 19.3. The number of benzene rings is 2. The Bertz CT molecular complexity index is 1200. The summed E-state index contributed by atoms with van der Waals surface area (Å²) in [4.78, 5) is 23.5. The van der Waals surface area contributed by atoms with Crippen LogP contribution >= 0.6 is 0 Å². The summed E-state index contributed by atoms with van der Waals surface area (Å²) < 4.78 is 5.75. The number of nitrogens with zero attached hydrogens (tertiary/aromatic N) is 4. The van der Waals surface area contributed by atoms with Gasteiger partial charge in [-0.15, -0.1) is 0 Å². The molecule has 136 valence electrons. The van der Waals surface area contributed by atoms with Crippen LogP contribution in [0.5, 0.6) is 0 Å². The topological polar surface area (TPSA) is 94.4 Å². The lowest BCUT2D eigenvalue weighted by Crippen LogP contribution is -1.90. The van der Waals surface area contributed by atoms with Crippen LogP contribution in [0.25, 0.3) is 28.6 Å². The zero-order valence-corrected chi connectivity index (χ0v) is 14.6. The van der Waals surface area contributed by atoms with Crippen LogP contribution in [0.2, 0.25) is 0 Å². The number of fused-ring (bicyclic) bond motifs is 1. The molecule has 0 radical (unpaired) electrons. The zero-order valence-electron chi connectivity index (χ0n) is 14.6. The Morgan fingerprint density at radius 3 is 2.82 bits per heavy atom. The Morgan fingerprint density at radius 2 is 2.00 bits per heavy atom. The summed E-state index contributed by atoms with van der Waals surface area (Å²) in [6, 6.07) is 15.7. The van der Waals surface area contributed by atoms with Gasteiger partial charge < -0.3 is 4.42 Å². The van der Waals surface area contributed by atoms with E-state index in [1.807, 2.05) is 24.3 Å². The number of rotatable bonds is 5. The minimum Gasteiger partial charge on any atom is -0.436 e. The summed E-state index contributed by atoms with van der Waals surface area (Å²) in [6.45, 7) is 0. The van der Waals surface area contributed by atoms with E-state index in [9.17, 15) is 10.1 Å². The third-order valence-corrected chi connectivity index (χ3v) is 4.00. The maximum absolute atomic E-state index is 11.0. The molecule has 0 amide bonds. The number of nitro benzene ring substituents is 1. The molecule has 2 heterocycles. The Balaban J connectivity index is 1.54. The van der Waals surface area contributed by atoms with Crippen molar-refractivity contribution in [3.8, 4) is 11.5 Å². The molecule has 28 heavy (non-hydrogen) atoms. The number of pyridine rings is 1. The standard InChI is InChI=1S/C21H14N4O3/c26-25(27)19-8-2-1-5-15(19)6-4-12-23-17-9-10-20-18(13-17)24-21(28-20)16-7-3-11-22-14-16/h1-14H/b6-4-,23-12?. The van der Waals surface area contributed by atoms with Crippen molar-refractivity contribution >= 4 is 34.8 Å². The molecule has 0 spiro atoms. The molecule has 0 unspecified atom stereocenters. The first-order chi connectivity index (χ1) is 13.7. The number of para-hydroxylation sites is 1. The third kappa shape index (κ3) is 3.68. The number of oxazole rings is 1. The molecule has 2 aromatic carbocycles. The highest BCUT2D eigenvalue weighted by Gasteiger charge is 2.09. The Kier molecular flexibility index (Phi) is 4.71. The summed E-state index contributed by atoms with van der Waals surface area (Å²) in [7, 11) is 0. The van der Waals surface area contributed by atoms with Gasteiger partial charge in [0.2, 0.25) is 5.89 Å². The first-order valence-corrected chi connectivity index (χ1v) is 8.46. The van der Waals surface area contributed by atoms with Crippen molar-refractivity contribution in [1.29, 1.82) is 0 Å². The van der Waals surface area contributed by atoms with Gasteiger partial charge >= 0.3 is 0 Å². The van der Waals surface area contributed by atoms with Gasteiger partial charge in [0.1, 0.15) is 5.52 Å². The average Bonchev–Trinajstić information content (AvgIpc) is 3.15. The van der Waals surface area contributed by atoms with Crippen molar-refractivity contribution in [2.24, 2.45) is 4.99 Å². The second-order valence-corrected chi connectivity index (χ2v) is 5.87. The van der Waals surface area contributed by atoms with Gasteiger partial charge in [-0.3, -0.25) is 20.1 Å². The Morgan fingerprint density at radius 1 is 1.11 bits per heavy atom. The van der Waals surface area contributed by atoms with Crippen molar-refractivity contribution in [3.05, 3.63) is 88.7 Å². The molecule has 7 nitrogen and oxygen atoms in total. The number of hydrogen-bond donors (Lipinski definition) is 0. The molecule has 0 bridgehead atoms. The molecule has 7 heteroatoms. The molecule has 0 saturated carbocycles. The van der Waals surface area contributed by atoms with Crippen molar-refractivity contribution in [1.82, 2.24) is 9.97 Å². The minimum absolute atomic E-state index is 0.0547. The van der Waals surface area contributed by atoms with E-state index in [1.54, 1.807) is 55.0 Å². The van der Waals surface area contributed by atoms with E-state index >= 15 is 0 Å². The van der Waals surface area contributed by atoms with E-state index in [0.717, 1.165) is 5.56 Å². The smallest absolute Gasteiger partial charge is 0.276 e. The predicted molar refractivity (Wildman–Crippen MR) is 108 cm³/mol. The number of allylic oxidation sites excluding steroid dienone is 1. The molecule has 0 fully saturated rings.